The van der Waals surface area contributed by atoms with Gasteiger partial charge in [-0.15, -0.1) is 11.3 Å². The van der Waals surface area contributed by atoms with Crippen molar-refractivity contribution >= 4 is 17.3 Å². The Labute approximate surface area is 141 Å². The molecule has 23 heavy (non-hydrogen) atoms. The summed E-state index contributed by atoms with van der Waals surface area (Å²) in [6, 6.07) is 8.13. The number of guanidine groups is 1. The number of aliphatic imine (C=N–C) groups is 1. The maximum atomic E-state index is 5.42. The number of thiophene rings is 1. The van der Waals surface area contributed by atoms with E-state index in [1.807, 2.05) is 19.1 Å². The molecule has 0 aliphatic rings. The smallest absolute Gasteiger partial charge is 0.213 e. The highest BCUT2D eigenvalue weighted by molar-refractivity contribution is 7.09. The van der Waals surface area contributed by atoms with Crippen LogP contribution in [0.5, 0.6) is 5.88 Å². The molecule has 5 nitrogen and oxygen atoms in total. The standard InChI is InChI=1S/C17H24N4OS/c1-3-18-17(20-10-8-15-6-5-11-23-15)21-13-14-7-9-19-16(12-14)22-4-2/h5-7,9,11-12H,3-4,8,10,13H2,1-2H3,(H2,18,20,21). The highest BCUT2D eigenvalue weighted by Crippen LogP contribution is 2.10. The quantitative estimate of drug-likeness (QED) is 0.576. The van der Waals surface area contributed by atoms with E-state index < -0.39 is 0 Å². The fraction of sp³-hybridized carbons (Fsp3) is 0.412. The Balaban J connectivity index is 1.88. The molecule has 0 fully saturated rings. The van der Waals surface area contributed by atoms with Crippen molar-refractivity contribution < 1.29 is 4.74 Å². The predicted molar refractivity (Wildman–Crippen MR) is 96.2 cm³/mol. The second-order valence-electron chi connectivity index (χ2n) is 4.89. The van der Waals surface area contributed by atoms with Gasteiger partial charge in [0.25, 0.3) is 0 Å². The minimum Gasteiger partial charge on any atom is -0.478 e. The molecule has 6 heteroatoms. The van der Waals surface area contributed by atoms with E-state index in [2.05, 4.69) is 45.0 Å². The van der Waals surface area contributed by atoms with E-state index in [1.54, 1.807) is 17.5 Å². The third-order valence-electron chi connectivity index (χ3n) is 3.10. The van der Waals surface area contributed by atoms with Crippen molar-refractivity contribution in [2.24, 2.45) is 4.99 Å². The Bertz CT molecular complexity index is 598. The minimum absolute atomic E-state index is 0.594. The van der Waals surface area contributed by atoms with Crippen LogP contribution in [0, 0.1) is 0 Å². The Morgan fingerprint density at radius 3 is 2.96 bits per heavy atom. The SMILES string of the molecule is CCNC(=NCc1ccnc(OCC)c1)NCCc1cccs1. The summed E-state index contributed by atoms with van der Waals surface area (Å²) in [7, 11) is 0. The number of ether oxygens (including phenoxy) is 1. The van der Waals surface area contributed by atoms with Gasteiger partial charge in [0, 0.05) is 30.2 Å². The van der Waals surface area contributed by atoms with Crippen LogP contribution < -0.4 is 15.4 Å². The Morgan fingerprint density at radius 2 is 2.22 bits per heavy atom. The molecule has 0 aliphatic carbocycles. The van der Waals surface area contributed by atoms with E-state index in [4.69, 9.17) is 4.74 Å². The Kier molecular flexibility index (Phi) is 7.39. The summed E-state index contributed by atoms with van der Waals surface area (Å²) in [5.74, 6) is 1.48. The van der Waals surface area contributed by atoms with Crippen LogP contribution in [-0.2, 0) is 13.0 Å². The summed E-state index contributed by atoms with van der Waals surface area (Å²) in [6.07, 6.45) is 2.76. The molecular formula is C17H24N4OS. The highest BCUT2D eigenvalue weighted by Gasteiger charge is 2.00. The molecule has 0 unspecified atom stereocenters. The van der Waals surface area contributed by atoms with Crippen molar-refractivity contribution in [1.82, 2.24) is 15.6 Å². The normalized spacial score (nSPS) is 11.3. The molecule has 0 spiro atoms. The maximum absolute atomic E-state index is 5.42. The minimum atomic E-state index is 0.594. The molecule has 0 saturated carbocycles. The molecule has 0 amide bonds. The molecule has 2 rings (SSSR count). The van der Waals surface area contributed by atoms with Gasteiger partial charge in [-0.25, -0.2) is 9.98 Å². The van der Waals surface area contributed by atoms with Crippen molar-refractivity contribution in [3.05, 3.63) is 46.3 Å². The largest absolute Gasteiger partial charge is 0.478 e. The summed E-state index contributed by atoms with van der Waals surface area (Å²) in [5, 5.41) is 8.74. The third-order valence-corrected chi connectivity index (χ3v) is 4.04. The zero-order chi connectivity index (χ0) is 16.3. The van der Waals surface area contributed by atoms with Crippen LogP contribution in [0.25, 0.3) is 0 Å². The predicted octanol–water partition coefficient (Wildman–Crippen LogP) is 2.84. The number of nitrogens with zero attached hydrogens (tertiary/aromatic N) is 2. The first-order chi connectivity index (χ1) is 11.3. The molecule has 0 atom stereocenters. The van der Waals surface area contributed by atoms with Crippen LogP contribution in [0.4, 0.5) is 0 Å². The second kappa shape index (κ2) is 9.84. The van der Waals surface area contributed by atoms with Crippen molar-refractivity contribution in [2.75, 3.05) is 19.7 Å². The number of hydrogen-bond donors (Lipinski definition) is 2. The third kappa shape index (κ3) is 6.28. The number of rotatable bonds is 8. The van der Waals surface area contributed by atoms with Crippen molar-refractivity contribution in [3.63, 3.8) is 0 Å². The first-order valence-electron chi connectivity index (χ1n) is 7.94. The molecular weight excluding hydrogens is 308 g/mol. The number of aromatic nitrogens is 1. The van der Waals surface area contributed by atoms with Gasteiger partial charge in [0.2, 0.25) is 5.88 Å². The molecule has 0 radical (unpaired) electrons. The second-order valence-corrected chi connectivity index (χ2v) is 5.92. The lowest BCUT2D eigenvalue weighted by Crippen LogP contribution is -2.38. The topological polar surface area (TPSA) is 58.5 Å². The van der Waals surface area contributed by atoms with Gasteiger partial charge in [0.15, 0.2) is 5.96 Å². The first kappa shape index (κ1) is 17.3. The summed E-state index contributed by atoms with van der Waals surface area (Å²) in [5.41, 5.74) is 1.08. The molecule has 124 valence electrons. The van der Waals surface area contributed by atoms with E-state index >= 15 is 0 Å². The molecule has 2 aromatic rings. The fourth-order valence-electron chi connectivity index (χ4n) is 2.05. The average molecular weight is 332 g/mol. The fourth-order valence-corrected chi connectivity index (χ4v) is 2.76. The molecule has 2 heterocycles. The lowest BCUT2D eigenvalue weighted by atomic mass is 10.3. The van der Waals surface area contributed by atoms with E-state index in [-0.39, 0.29) is 0 Å². The van der Waals surface area contributed by atoms with Crippen LogP contribution in [-0.4, -0.2) is 30.6 Å². The van der Waals surface area contributed by atoms with E-state index in [1.165, 1.54) is 4.88 Å². The van der Waals surface area contributed by atoms with Crippen LogP contribution in [0.3, 0.4) is 0 Å². The zero-order valence-corrected chi connectivity index (χ0v) is 14.5. The lowest BCUT2D eigenvalue weighted by Gasteiger charge is -2.11. The highest BCUT2D eigenvalue weighted by atomic mass is 32.1. The molecule has 0 bridgehead atoms. The van der Waals surface area contributed by atoms with Crippen molar-refractivity contribution in [2.45, 2.75) is 26.8 Å². The zero-order valence-electron chi connectivity index (χ0n) is 13.7. The van der Waals surface area contributed by atoms with E-state index in [0.29, 0.717) is 19.0 Å². The Morgan fingerprint density at radius 1 is 1.30 bits per heavy atom. The van der Waals surface area contributed by atoms with Gasteiger partial charge < -0.3 is 15.4 Å². The number of hydrogen-bond acceptors (Lipinski definition) is 4. The van der Waals surface area contributed by atoms with Crippen molar-refractivity contribution in [3.8, 4) is 5.88 Å². The number of pyridine rings is 1. The van der Waals surface area contributed by atoms with Gasteiger partial charge in [0.1, 0.15) is 0 Å². The monoisotopic (exact) mass is 332 g/mol. The summed E-state index contributed by atoms with van der Waals surface area (Å²) in [6.45, 7) is 6.94. The van der Waals surface area contributed by atoms with Crippen LogP contribution in [0.2, 0.25) is 0 Å². The summed E-state index contributed by atoms with van der Waals surface area (Å²) in [4.78, 5) is 10.2. The van der Waals surface area contributed by atoms with Gasteiger partial charge in [-0.2, -0.15) is 0 Å². The van der Waals surface area contributed by atoms with E-state index in [9.17, 15) is 0 Å². The average Bonchev–Trinajstić information content (AvgIpc) is 3.07. The van der Waals surface area contributed by atoms with Crippen molar-refractivity contribution in [1.29, 1.82) is 0 Å². The van der Waals surface area contributed by atoms with Gasteiger partial charge in [-0.1, -0.05) is 6.07 Å². The Hall–Kier alpha value is -2.08. The molecule has 2 aromatic heterocycles. The lowest BCUT2D eigenvalue weighted by molar-refractivity contribution is 0.326. The van der Waals surface area contributed by atoms with Gasteiger partial charge >= 0.3 is 0 Å². The van der Waals surface area contributed by atoms with Crippen LogP contribution >= 0.6 is 11.3 Å². The van der Waals surface area contributed by atoms with Gasteiger partial charge in [0.05, 0.1) is 13.2 Å². The summed E-state index contributed by atoms with van der Waals surface area (Å²) >= 11 is 1.78. The summed E-state index contributed by atoms with van der Waals surface area (Å²) < 4.78 is 5.42. The maximum Gasteiger partial charge on any atom is 0.213 e. The van der Waals surface area contributed by atoms with Gasteiger partial charge in [-0.3, -0.25) is 0 Å². The number of nitrogens with one attached hydrogen (secondary N) is 2. The van der Waals surface area contributed by atoms with Crippen LogP contribution in [0.15, 0.2) is 40.8 Å². The molecule has 0 saturated heterocycles. The van der Waals surface area contributed by atoms with Gasteiger partial charge in [-0.05, 0) is 43.3 Å². The van der Waals surface area contributed by atoms with Crippen LogP contribution in [0.1, 0.15) is 24.3 Å². The first-order valence-corrected chi connectivity index (χ1v) is 8.82. The molecule has 0 aliphatic heterocycles. The molecule has 0 aromatic carbocycles. The van der Waals surface area contributed by atoms with E-state index in [0.717, 1.165) is 31.0 Å². The molecule has 2 N–H and O–H groups in total.